The van der Waals surface area contributed by atoms with Crippen molar-refractivity contribution < 1.29 is 27.1 Å². The van der Waals surface area contributed by atoms with Crippen LogP contribution in [0.25, 0.3) is 10.8 Å². The summed E-state index contributed by atoms with van der Waals surface area (Å²) in [4.78, 5) is 16.6. The lowest BCUT2D eigenvalue weighted by atomic mass is 10.1. The summed E-state index contributed by atoms with van der Waals surface area (Å²) in [5, 5.41) is 5.35. The van der Waals surface area contributed by atoms with E-state index >= 15 is 0 Å². The number of amides is 1. The van der Waals surface area contributed by atoms with Gasteiger partial charge in [-0.25, -0.2) is 4.98 Å². The largest absolute Gasteiger partial charge is 0.459 e. The summed E-state index contributed by atoms with van der Waals surface area (Å²) in [7, 11) is 0. The molecule has 0 aliphatic heterocycles. The van der Waals surface area contributed by atoms with Gasteiger partial charge in [-0.05, 0) is 30.2 Å². The van der Waals surface area contributed by atoms with E-state index in [1.165, 1.54) is 11.3 Å². The number of ether oxygens (including phenoxy) is 1. The van der Waals surface area contributed by atoms with Crippen molar-refractivity contribution in [1.82, 2.24) is 10.3 Å². The van der Waals surface area contributed by atoms with E-state index in [9.17, 15) is 18.0 Å². The molecule has 0 radical (unpaired) electrons. The summed E-state index contributed by atoms with van der Waals surface area (Å²) >= 11 is 1.41. The van der Waals surface area contributed by atoms with Crippen LogP contribution >= 0.6 is 11.3 Å². The van der Waals surface area contributed by atoms with E-state index in [1.54, 1.807) is 24.3 Å². The van der Waals surface area contributed by atoms with Crippen LogP contribution in [0.2, 0.25) is 0 Å². The molecule has 2 aromatic heterocycles. The highest BCUT2D eigenvalue weighted by Gasteiger charge is 2.27. The molecule has 1 aromatic carbocycles. The number of aromatic nitrogens is 1. The van der Waals surface area contributed by atoms with Gasteiger partial charge in [0, 0.05) is 11.9 Å². The number of aryl methyl sites for hydroxylation is 1. The average molecular weight is 424 g/mol. The maximum Gasteiger partial charge on any atom is 0.411 e. The zero-order chi connectivity index (χ0) is 20.9. The first-order chi connectivity index (χ1) is 13.8. The van der Waals surface area contributed by atoms with Gasteiger partial charge in [-0.1, -0.05) is 24.3 Å². The number of nitrogens with one attached hydrogen (secondary N) is 1. The smallest absolute Gasteiger partial charge is 0.411 e. The first kappa shape index (κ1) is 21.1. The van der Waals surface area contributed by atoms with Gasteiger partial charge >= 0.3 is 6.18 Å². The molecule has 3 rings (SSSR count). The van der Waals surface area contributed by atoms with E-state index in [0.29, 0.717) is 23.6 Å². The van der Waals surface area contributed by atoms with Gasteiger partial charge in [0.15, 0.2) is 10.8 Å². The second-order valence-electron chi connectivity index (χ2n) is 6.43. The number of thiazole rings is 1. The third kappa shape index (κ3) is 6.72. The average Bonchev–Trinajstić information content (AvgIpc) is 3.29. The molecular weight excluding hydrogens is 405 g/mol. The number of furan rings is 1. The van der Waals surface area contributed by atoms with Crippen LogP contribution in [0.1, 0.15) is 22.6 Å². The van der Waals surface area contributed by atoms with Crippen LogP contribution < -0.4 is 5.32 Å². The van der Waals surface area contributed by atoms with Crippen LogP contribution in [0.4, 0.5) is 13.2 Å². The Bertz CT molecular complexity index is 949. The topological polar surface area (TPSA) is 64.4 Å². The van der Waals surface area contributed by atoms with Crippen LogP contribution in [0.15, 0.2) is 46.2 Å². The minimum Gasteiger partial charge on any atom is -0.459 e. The van der Waals surface area contributed by atoms with Crippen molar-refractivity contribution in [3.05, 3.63) is 64.4 Å². The highest BCUT2D eigenvalue weighted by molar-refractivity contribution is 7.13. The summed E-state index contributed by atoms with van der Waals surface area (Å²) in [6.45, 7) is 0.778. The molecule has 0 bridgehead atoms. The quantitative estimate of drug-likeness (QED) is 0.572. The lowest BCUT2D eigenvalue weighted by molar-refractivity contribution is -0.176. The van der Waals surface area contributed by atoms with Gasteiger partial charge in [-0.2, -0.15) is 13.2 Å². The van der Waals surface area contributed by atoms with Gasteiger partial charge in [-0.15, -0.1) is 11.3 Å². The van der Waals surface area contributed by atoms with Crippen LogP contribution in [0.5, 0.6) is 0 Å². The minimum atomic E-state index is -4.33. The van der Waals surface area contributed by atoms with Crippen LogP contribution in [0.3, 0.4) is 0 Å². The molecule has 5 nitrogen and oxygen atoms in total. The van der Waals surface area contributed by atoms with Crippen molar-refractivity contribution >= 4 is 17.2 Å². The zero-order valence-corrected chi connectivity index (χ0v) is 16.4. The molecule has 29 heavy (non-hydrogen) atoms. The molecule has 0 unspecified atom stereocenters. The van der Waals surface area contributed by atoms with Crippen molar-refractivity contribution in [2.75, 3.05) is 6.61 Å². The minimum absolute atomic E-state index is 0.118. The molecule has 1 N–H and O–H groups in total. The van der Waals surface area contributed by atoms with Crippen molar-refractivity contribution in [2.24, 2.45) is 0 Å². The van der Waals surface area contributed by atoms with E-state index in [0.717, 1.165) is 16.3 Å². The molecule has 2 heterocycles. The molecule has 0 atom stereocenters. The number of hydrogen-bond donors (Lipinski definition) is 1. The number of carbonyl (C=O) groups is 1. The third-order valence-electron chi connectivity index (χ3n) is 3.89. The molecule has 1 amide bonds. The van der Waals surface area contributed by atoms with Gasteiger partial charge in [0.05, 0.1) is 18.7 Å². The van der Waals surface area contributed by atoms with E-state index < -0.39 is 12.8 Å². The molecule has 0 spiro atoms. The molecule has 0 aliphatic rings. The molecule has 0 fully saturated rings. The molecule has 3 aromatic rings. The SMILES string of the molecule is Cc1ccc(-c2nc(CC(=O)NCc3ccc(COCC(F)(F)F)cc3)cs2)o1. The first-order valence-corrected chi connectivity index (χ1v) is 9.67. The molecule has 0 saturated heterocycles. The molecule has 0 saturated carbocycles. The maximum absolute atomic E-state index is 12.1. The van der Waals surface area contributed by atoms with Crippen molar-refractivity contribution in [2.45, 2.75) is 32.7 Å². The molecule has 154 valence electrons. The Labute approximate surface area is 169 Å². The van der Waals surface area contributed by atoms with Crippen molar-refractivity contribution in [3.63, 3.8) is 0 Å². The molecule has 0 aliphatic carbocycles. The van der Waals surface area contributed by atoms with Crippen molar-refractivity contribution in [3.8, 4) is 10.8 Å². The Morgan fingerprint density at radius 2 is 1.90 bits per heavy atom. The van der Waals surface area contributed by atoms with E-state index in [1.807, 2.05) is 24.4 Å². The first-order valence-electron chi connectivity index (χ1n) is 8.79. The van der Waals surface area contributed by atoms with Gasteiger partial charge in [0.2, 0.25) is 5.91 Å². The summed E-state index contributed by atoms with van der Waals surface area (Å²) in [6.07, 6.45) is -4.18. The fraction of sp³-hybridized carbons (Fsp3) is 0.300. The van der Waals surface area contributed by atoms with E-state index in [-0.39, 0.29) is 18.9 Å². The van der Waals surface area contributed by atoms with Crippen LogP contribution in [-0.2, 0) is 29.1 Å². The number of carbonyl (C=O) groups excluding carboxylic acids is 1. The summed E-state index contributed by atoms with van der Waals surface area (Å²) in [5.41, 5.74) is 2.13. The molecule has 9 heteroatoms. The van der Waals surface area contributed by atoms with Gasteiger partial charge in [0.1, 0.15) is 12.4 Å². The monoisotopic (exact) mass is 424 g/mol. The summed E-state index contributed by atoms with van der Waals surface area (Å²) < 4.78 is 46.4. The number of rotatable bonds is 8. The van der Waals surface area contributed by atoms with Crippen LogP contribution in [0, 0.1) is 6.92 Å². The summed E-state index contributed by atoms with van der Waals surface area (Å²) in [5.74, 6) is 1.31. The number of halogens is 3. The third-order valence-corrected chi connectivity index (χ3v) is 4.80. The zero-order valence-electron chi connectivity index (χ0n) is 15.6. The normalized spacial score (nSPS) is 11.6. The Morgan fingerprint density at radius 1 is 1.17 bits per heavy atom. The Hall–Kier alpha value is -2.65. The van der Waals surface area contributed by atoms with E-state index in [2.05, 4.69) is 15.0 Å². The standard InChI is InChI=1S/C20H19F3N2O3S/c1-13-2-7-17(28-13)19-25-16(11-29-19)8-18(26)24-9-14-3-5-15(6-4-14)10-27-12-20(21,22)23/h2-7,11H,8-10,12H2,1H3,(H,24,26). The Kier molecular flexibility index (Phi) is 6.71. The maximum atomic E-state index is 12.1. The lowest BCUT2D eigenvalue weighted by Crippen LogP contribution is -2.24. The lowest BCUT2D eigenvalue weighted by Gasteiger charge is -2.08. The Morgan fingerprint density at radius 3 is 2.55 bits per heavy atom. The number of benzene rings is 1. The Balaban J connectivity index is 1.44. The van der Waals surface area contributed by atoms with E-state index in [4.69, 9.17) is 4.42 Å². The van der Waals surface area contributed by atoms with Gasteiger partial charge < -0.3 is 14.5 Å². The second-order valence-corrected chi connectivity index (χ2v) is 7.29. The number of alkyl halides is 3. The number of nitrogens with zero attached hydrogens (tertiary/aromatic N) is 1. The highest BCUT2D eigenvalue weighted by atomic mass is 32.1. The fourth-order valence-electron chi connectivity index (χ4n) is 2.52. The number of hydrogen-bond acceptors (Lipinski definition) is 5. The molecular formula is C20H19F3N2O3S. The highest BCUT2D eigenvalue weighted by Crippen LogP contribution is 2.25. The van der Waals surface area contributed by atoms with Gasteiger partial charge in [0.25, 0.3) is 0 Å². The van der Waals surface area contributed by atoms with Crippen molar-refractivity contribution in [1.29, 1.82) is 0 Å². The van der Waals surface area contributed by atoms with Crippen LogP contribution in [-0.4, -0.2) is 23.7 Å². The summed E-state index contributed by atoms with van der Waals surface area (Å²) in [6, 6.07) is 10.5. The fourth-order valence-corrected chi connectivity index (χ4v) is 3.30. The second kappa shape index (κ2) is 9.23. The van der Waals surface area contributed by atoms with Gasteiger partial charge in [-0.3, -0.25) is 4.79 Å². The predicted octanol–water partition coefficient (Wildman–Crippen LogP) is 4.65. The predicted molar refractivity (Wildman–Crippen MR) is 102 cm³/mol.